The van der Waals surface area contributed by atoms with Gasteiger partial charge in [0.1, 0.15) is 5.69 Å². The second-order valence-corrected chi connectivity index (χ2v) is 6.29. The fourth-order valence-electron chi connectivity index (χ4n) is 3.12. The lowest BCUT2D eigenvalue weighted by atomic mass is 10.0. The summed E-state index contributed by atoms with van der Waals surface area (Å²) in [5.74, 6) is 0.476. The fourth-order valence-corrected chi connectivity index (χ4v) is 3.29. The van der Waals surface area contributed by atoms with Crippen LogP contribution >= 0.6 is 11.6 Å². The number of pyridine rings is 1. The van der Waals surface area contributed by atoms with Gasteiger partial charge in [0, 0.05) is 41.2 Å². The molecule has 0 saturated carbocycles. The normalized spacial score (nSPS) is 16.5. The number of hydrogen-bond acceptors (Lipinski definition) is 3. The zero-order valence-electron chi connectivity index (χ0n) is 13.1. The zero-order valence-corrected chi connectivity index (χ0v) is 13.9. The van der Waals surface area contributed by atoms with E-state index in [-0.39, 0.29) is 11.9 Å². The highest BCUT2D eigenvalue weighted by Gasteiger charge is 2.25. The van der Waals surface area contributed by atoms with Gasteiger partial charge in [-0.05, 0) is 24.3 Å². The molecule has 1 aliphatic heterocycles. The van der Waals surface area contributed by atoms with Crippen molar-refractivity contribution in [2.24, 2.45) is 7.05 Å². The standard InChI is InChI=1S/C18H16ClN3O2/c1-22-15-10-12(19)5-4-11(15)9-16(22)17(23)21-14-6-8-24-18-13(14)3-2-7-20-18/h2-5,7,9-10,14H,6,8H2,1H3,(H,21,23). The maximum Gasteiger partial charge on any atom is 0.268 e. The molecule has 3 heterocycles. The van der Waals surface area contributed by atoms with Crippen LogP contribution in [0.5, 0.6) is 5.88 Å². The maximum absolute atomic E-state index is 12.8. The molecule has 1 aliphatic rings. The van der Waals surface area contributed by atoms with Crippen LogP contribution in [0.4, 0.5) is 0 Å². The number of fused-ring (bicyclic) bond motifs is 2. The van der Waals surface area contributed by atoms with E-state index in [2.05, 4.69) is 10.3 Å². The Bertz CT molecular complexity index is 935. The van der Waals surface area contributed by atoms with E-state index in [0.29, 0.717) is 23.2 Å². The second kappa shape index (κ2) is 5.83. The van der Waals surface area contributed by atoms with Crippen LogP contribution in [0.1, 0.15) is 28.5 Å². The van der Waals surface area contributed by atoms with Gasteiger partial charge in [0.05, 0.1) is 12.6 Å². The number of hydrogen-bond donors (Lipinski definition) is 1. The summed E-state index contributed by atoms with van der Waals surface area (Å²) in [4.78, 5) is 17.0. The average molecular weight is 342 g/mol. The summed E-state index contributed by atoms with van der Waals surface area (Å²) in [5, 5.41) is 4.73. The van der Waals surface area contributed by atoms with Crippen LogP contribution < -0.4 is 10.1 Å². The molecule has 0 bridgehead atoms. The number of carbonyl (C=O) groups is 1. The molecular formula is C18H16ClN3O2. The van der Waals surface area contributed by atoms with Crippen LogP contribution in [0.3, 0.4) is 0 Å². The molecule has 4 rings (SSSR count). The van der Waals surface area contributed by atoms with Gasteiger partial charge in [-0.25, -0.2) is 4.98 Å². The minimum atomic E-state index is -0.119. The summed E-state index contributed by atoms with van der Waals surface area (Å²) < 4.78 is 7.40. The molecule has 5 nitrogen and oxygen atoms in total. The van der Waals surface area contributed by atoms with Crippen molar-refractivity contribution in [2.45, 2.75) is 12.5 Å². The van der Waals surface area contributed by atoms with E-state index in [1.54, 1.807) is 6.20 Å². The molecule has 0 fully saturated rings. The Hall–Kier alpha value is -2.53. The monoisotopic (exact) mass is 341 g/mol. The Morgan fingerprint density at radius 2 is 2.25 bits per heavy atom. The Kier molecular flexibility index (Phi) is 3.65. The Balaban J connectivity index is 1.65. The summed E-state index contributed by atoms with van der Waals surface area (Å²) >= 11 is 6.06. The van der Waals surface area contributed by atoms with Crippen LogP contribution in [0.2, 0.25) is 5.02 Å². The van der Waals surface area contributed by atoms with Crippen molar-refractivity contribution in [3.63, 3.8) is 0 Å². The number of aryl methyl sites for hydroxylation is 1. The SMILES string of the molecule is Cn1c(C(=O)NC2CCOc3ncccc32)cc2ccc(Cl)cc21. The first-order chi connectivity index (χ1) is 11.6. The zero-order chi connectivity index (χ0) is 16.7. The maximum atomic E-state index is 12.8. The number of nitrogens with zero attached hydrogens (tertiary/aromatic N) is 2. The fraction of sp³-hybridized carbons (Fsp3) is 0.222. The van der Waals surface area contributed by atoms with Gasteiger partial charge in [0.25, 0.3) is 5.91 Å². The molecule has 6 heteroatoms. The number of carbonyl (C=O) groups excluding carboxylic acids is 1. The van der Waals surface area contributed by atoms with E-state index in [0.717, 1.165) is 22.9 Å². The van der Waals surface area contributed by atoms with Gasteiger partial charge in [-0.2, -0.15) is 0 Å². The molecule has 1 amide bonds. The Morgan fingerprint density at radius 1 is 1.38 bits per heavy atom. The number of nitrogens with one attached hydrogen (secondary N) is 1. The number of rotatable bonds is 2. The first-order valence-corrected chi connectivity index (χ1v) is 8.15. The predicted octanol–water partition coefficient (Wildman–Crippen LogP) is 3.48. The van der Waals surface area contributed by atoms with Gasteiger partial charge in [0.2, 0.25) is 5.88 Å². The largest absolute Gasteiger partial charge is 0.477 e. The third-order valence-corrected chi connectivity index (χ3v) is 4.60. The van der Waals surface area contributed by atoms with Crippen molar-refractivity contribution in [1.82, 2.24) is 14.9 Å². The van der Waals surface area contributed by atoms with Crippen LogP contribution in [0.25, 0.3) is 10.9 Å². The lowest BCUT2D eigenvalue weighted by molar-refractivity contribution is 0.0916. The highest BCUT2D eigenvalue weighted by Crippen LogP contribution is 2.30. The van der Waals surface area contributed by atoms with Crippen molar-refractivity contribution < 1.29 is 9.53 Å². The van der Waals surface area contributed by atoms with E-state index in [1.165, 1.54) is 0 Å². The molecule has 122 valence electrons. The molecule has 0 saturated heterocycles. The lowest BCUT2D eigenvalue weighted by Crippen LogP contribution is -2.33. The number of amides is 1. The van der Waals surface area contributed by atoms with Gasteiger partial charge in [-0.3, -0.25) is 4.79 Å². The van der Waals surface area contributed by atoms with Gasteiger partial charge < -0.3 is 14.6 Å². The minimum Gasteiger partial charge on any atom is -0.477 e. The first-order valence-electron chi connectivity index (χ1n) is 7.77. The van der Waals surface area contributed by atoms with Crippen molar-refractivity contribution >= 4 is 28.4 Å². The molecule has 0 spiro atoms. The molecule has 1 unspecified atom stereocenters. The number of aromatic nitrogens is 2. The van der Waals surface area contributed by atoms with Crippen LogP contribution in [-0.2, 0) is 7.05 Å². The van der Waals surface area contributed by atoms with Gasteiger partial charge >= 0.3 is 0 Å². The predicted molar refractivity (Wildman–Crippen MR) is 92.5 cm³/mol. The average Bonchev–Trinajstić information content (AvgIpc) is 2.92. The summed E-state index contributed by atoms with van der Waals surface area (Å²) in [6, 6.07) is 11.2. The number of halogens is 1. The van der Waals surface area contributed by atoms with E-state index >= 15 is 0 Å². The summed E-state index contributed by atoms with van der Waals surface area (Å²) in [5.41, 5.74) is 2.45. The first kappa shape index (κ1) is 15.0. The highest BCUT2D eigenvalue weighted by molar-refractivity contribution is 6.31. The van der Waals surface area contributed by atoms with E-state index < -0.39 is 0 Å². The van der Waals surface area contributed by atoms with E-state index in [1.807, 2.05) is 48.0 Å². The third-order valence-electron chi connectivity index (χ3n) is 4.37. The summed E-state index contributed by atoms with van der Waals surface area (Å²) in [6.45, 7) is 0.541. The van der Waals surface area contributed by atoms with Gasteiger partial charge in [-0.15, -0.1) is 0 Å². The molecule has 1 aromatic carbocycles. The third kappa shape index (κ3) is 2.51. The van der Waals surface area contributed by atoms with Crippen molar-refractivity contribution in [2.75, 3.05) is 6.61 Å². The van der Waals surface area contributed by atoms with Gasteiger partial charge in [0.15, 0.2) is 0 Å². The topological polar surface area (TPSA) is 56.2 Å². The summed E-state index contributed by atoms with van der Waals surface area (Å²) in [7, 11) is 1.87. The van der Waals surface area contributed by atoms with Gasteiger partial charge in [-0.1, -0.05) is 23.7 Å². The molecular weight excluding hydrogens is 326 g/mol. The van der Waals surface area contributed by atoms with Crippen LogP contribution in [0, 0.1) is 0 Å². The lowest BCUT2D eigenvalue weighted by Gasteiger charge is -2.25. The Labute approximate surface area is 144 Å². The van der Waals surface area contributed by atoms with E-state index in [9.17, 15) is 4.79 Å². The molecule has 0 radical (unpaired) electrons. The summed E-state index contributed by atoms with van der Waals surface area (Å²) in [6.07, 6.45) is 2.41. The molecule has 1 atom stereocenters. The van der Waals surface area contributed by atoms with E-state index in [4.69, 9.17) is 16.3 Å². The second-order valence-electron chi connectivity index (χ2n) is 5.85. The Morgan fingerprint density at radius 3 is 3.12 bits per heavy atom. The van der Waals surface area contributed by atoms with Crippen LogP contribution in [-0.4, -0.2) is 22.1 Å². The molecule has 24 heavy (non-hydrogen) atoms. The quantitative estimate of drug-likeness (QED) is 0.776. The highest BCUT2D eigenvalue weighted by atomic mass is 35.5. The van der Waals surface area contributed by atoms with Crippen molar-refractivity contribution in [3.05, 3.63) is 58.9 Å². The molecule has 3 aromatic rings. The molecule has 2 aromatic heterocycles. The molecule has 1 N–H and O–H groups in total. The molecule has 0 aliphatic carbocycles. The van der Waals surface area contributed by atoms with Crippen LogP contribution in [0.15, 0.2) is 42.6 Å². The van der Waals surface area contributed by atoms with Crippen molar-refractivity contribution in [3.8, 4) is 5.88 Å². The smallest absolute Gasteiger partial charge is 0.268 e. The number of ether oxygens (including phenoxy) is 1. The van der Waals surface area contributed by atoms with Crippen molar-refractivity contribution in [1.29, 1.82) is 0 Å². The minimum absolute atomic E-state index is 0.100. The number of benzene rings is 1.